The zero-order chi connectivity index (χ0) is 9.26. The molecule has 2 heterocycles. The van der Waals surface area contributed by atoms with Crippen LogP contribution in [0.1, 0.15) is 5.56 Å². The van der Waals surface area contributed by atoms with Crippen molar-refractivity contribution in [3.8, 4) is 10.6 Å². The number of rotatable bonds is 1. The fourth-order valence-corrected chi connectivity index (χ4v) is 2.09. The van der Waals surface area contributed by atoms with Gasteiger partial charge in [0, 0.05) is 6.20 Å². The van der Waals surface area contributed by atoms with Gasteiger partial charge in [-0.1, -0.05) is 17.7 Å². The molecule has 0 aromatic carbocycles. The average molecular weight is 210 g/mol. The minimum Gasteiger partial charge on any atom is -0.255 e. The second kappa shape index (κ2) is 3.48. The standard InChI is InChI=1S/C10H8ClNS/c1-7-2-3-8(12-6-7)9-4-5-10(11)13-9/h2-6H,1H3. The van der Waals surface area contributed by atoms with E-state index in [0.29, 0.717) is 0 Å². The van der Waals surface area contributed by atoms with Crippen molar-refractivity contribution in [2.45, 2.75) is 6.92 Å². The molecule has 0 N–H and O–H groups in total. The molecule has 1 nitrogen and oxygen atoms in total. The molecule has 0 bridgehead atoms. The Balaban J connectivity index is 2.41. The Bertz CT molecular complexity index is 405. The van der Waals surface area contributed by atoms with E-state index in [-0.39, 0.29) is 0 Å². The molecule has 0 aliphatic heterocycles. The Morgan fingerprint density at radius 3 is 2.62 bits per heavy atom. The minimum absolute atomic E-state index is 0.803. The van der Waals surface area contributed by atoms with Gasteiger partial charge in [0.25, 0.3) is 0 Å². The van der Waals surface area contributed by atoms with Crippen molar-refractivity contribution in [3.05, 3.63) is 40.4 Å². The summed E-state index contributed by atoms with van der Waals surface area (Å²) in [4.78, 5) is 5.43. The van der Waals surface area contributed by atoms with Gasteiger partial charge in [0.15, 0.2) is 0 Å². The first-order chi connectivity index (χ1) is 6.25. The van der Waals surface area contributed by atoms with Crippen LogP contribution in [0.5, 0.6) is 0 Å². The molecule has 0 atom stereocenters. The maximum Gasteiger partial charge on any atom is 0.0935 e. The van der Waals surface area contributed by atoms with Crippen LogP contribution in [0, 0.1) is 6.92 Å². The van der Waals surface area contributed by atoms with Crippen molar-refractivity contribution in [2.24, 2.45) is 0 Å². The van der Waals surface area contributed by atoms with E-state index in [4.69, 9.17) is 11.6 Å². The SMILES string of the molecule is Cc1ccc(-c2ccc(Cl)s2)nc1. The Hall–Kier alpha value is -0.860. The molecule has 0 unspecified atom stereocenters. The van der Waals surface area contributed by atoms with E-state index in [1.807, 2.05) is 31.3 Å². The van der Waals surface area contributed by atoms with Crippen molar-refractivity contribution in [2.75, 3.05) is 0 Å². The molecule has 0 radical (unpaired) electrons. The molecule has 2 rings (SSSR count). The second-order valence-corrected chi connectivity index (χ2v) is 4.54. The van der Waals surface area contributed by atoms with Crippen LogP contribution >= 0.6 is 22.9 Å². The van der Waals surface area contributed by atoms with E-state index in [1.165, 1.54) is 5.56 Å². The molecule has 2 aromatic heterocycles. The molecule has 0 fully saturated rings. The Morgan fingerprint density at radius 1 is 1.23 bits per heavy atom. The molecule has 13 heavy (non-hydrogen) atoms. The predicted octanol–water partition coefficient (Wildman–Crippen LogP) is 3.77. The van der Waals surface area contributed by atoms with Gasteiger partial charge in [0.05, 0.1) is 14.9 Å². The summed E-state index contributed by atoms with van der Waals surface area (Å²) in [5.41, 5.74) is 2.16. The highest BCUT2D eigenvalue weighted by molar-refractivity contribution is 7.19. The van der Waals surface area contributed by atoms with Gasteiger partial charge in [0.1, 0.15) is 0 Å². The van der Waals surface area contributed by atoms with E-state index < -0.39 is 0 Å². The molecule has 66 valence electrons. The lowest BCUT2D eigenvalue weighted by molar-refractivity contribution is 1.28. The third-order valence-electron chi connectivity index (χ3n) is 1.74. The van der Waals surface area contributed by atoms with Crippen molar-refractivity contribution in [1.82, 2.24) is 4.98 Å². The molecule has 0 aliphatic rings. The lowest BCUT2D eigenvalue weighted by Gasteiger charge is -1.95. The number of aromatic nitrogens is 1. The fourth-order valence-electron chi connectivity index (χ4n) is 1.07. The van der Waals surface area contributed by atoms with Gasteiger partial charge in [-0.15, -0.1) is 11.3 Å². The van der Waals surface area contributed by atoms with Crippen molar-refractivity contribution in [3.63, 3.8) is 0 Å². The van der Waals surface area contributed by atoms with Crippen LogP contribution in [0.15, 0.2) is 30.5 Å². The summed E-state index contributed by atoms with van der Waals surface area (Å²) >= 11 is 7.38. The van der Waals surface area contributed by atoms with Crippen molar-refractivity contribution in [1.29, 1.82) is 0 Å². The number of thiophene rings is 1. The number of nitrogens with zero attached hydrogens (tertiary/aromatic N) is 1. The molecule has 2 aromatic rings. The fraction of sp³-hybridized carbons (Fsp3) is 0.100. The van der Waals surface area contributed by atoms with Crippen molar-refractivity contribution >= 4 is 22.9 Å². The van der Waals surface area contributed by atoms with E-state index in [2.05, 4.69) is 11.1 Å². The third kappa shape index (κ3) is 1.90. The summed E-state index contributed by atoms with van der Waals surface area (Å²) in [6.07, 6.45) is 1.86. The zero-order valence-corrected chi connectivity index (χ0v) is 8.69. The van der Waals surface area contributed by atoms with Gasteiger partial charge in [-0.3, -0.25) is 4.98 Å². The largest absolute Gasteiger partial charge is 0.255 e. The smallest absolute Gasteiger partial charge is 0.0935 e. The highest BCUT2D eigenvalue weighted by Crippen LogP contribution is 2.29. The first kappa shape index (κ1) is 8.73. The van der Waals surface area contributed by atoms with Crippen LogP contribution in [-0.2, 0) is 0 Å². The predicted molar refractivity (Wildman–Crippen MR) is 57.3 cm³/mol. The summed E-state index contributed by atoms with van der Waals surface area (Å²) in [6.45, 7) is 2.03. The van der Waals surface area contributed by atoms with E-state index in [1.54, 1.807) is 11.3 Å². The van der Waals surface area contributed by atoms with Crippen LogP contribution in [0.25, 0.3) is 10.6 Å². The van der Waals surface area contributed by atoms with E-state index in [0.717, 1.165) is 14.9 Å². The molecule has 0 amide bonds. The lowest BCUT2D eigenvalue weighted by Crippen LogP contribution is -1.79. The molecule has 0 saturated carbocycles. The Kier molecular flexibility index (Phi) is 2.34. The molecule has 0 saturated heterocycles. The number of hydrogen-bond acceptors (Lipinski definition) is 2. The van der Waals surface area contributed by atoms with Crippen molar-refractivity contribution < 1.29 is 0 Å². The first-order valence-electron chi connectivity index (χ1n) is 3.94. The molecular weight excluding hydrogens is 202 g/mol. The molecule has 3 heteroatoms. The summed E-state index contributed by atoms with van der Waals surface area (Å²) < 4.78 is 0.803. The van der Waals surface area contributed by atoms with Crippen LogP contribution in [0.2, 0.25) is 4.34 Å². The first-order valence-corrected chi connectivity index (χ1v) is 5.13. The molecule has 0 spiro atoms. The summed E-state index contributed by atoms with van der Waals surface area (Å²) in [5, 5.41) is 0. The second-order valence-electron chi connectivity index (χ2n) is 2.82. The van der Waals surface area contributed by atoms with Gasteiger partial charge in [-0.25, -0.2) is 0 Å². The van der Waals surface area contributed by atoms with E-state index >= 15 is 0 Å². The number of halogens is 1. The normalized spacial score (nSPS) is 10.3. The van der Waals surface area contributed by atoms with Gasteiger partial charge in [-0.05, 0) is 30.7 Å². The highest BCUT2D eigenvalue weighted by Gasteiger charge is 2.01. The average Bonchev–Trinajstić information content (AvgIpc) is 2.53. The maximum atomic E-state index is 5.83. The summed E-state index contributed by atoms with van der Waals surface area (Å²) in [5.74, 6) is 0. The number of hydrogen-bond donors (Lipinski definition) is 0. The van der Waals surface area contributed by atoms with E-state index in [9.17, 15) is 0 Å². The van der Waals surface area contributed by atoms with Gasteiger partial charge >= 0.3 is 0 Å². The van der Waals surface area contributed by atoms with Gasteiger partial charge in [0.2, 0.25) is 0 Å². The monoisotopic (exact) mass is 209 g/mol. The minimum atomic E-state index is 0.803. The highest BCUT2D eigenvalue weighted by atomic mass is 35.5. The number of aryl methyl sites for hydroxylation is 1. The van der Waals surface area contributed by atoms with Crippen LogP contribution in [0.4, 0.5) is 0 Å². The topological polar surface area (TPSA) is 12.9 Å². The van der Waals surface area contributed by atoms with Crippen LogP contribution in [0.3, 0.4) is 0 Å². The summed E-state index contributed by atoms with van der Waals surface area (Å²) in [6, 6.07) is 7.95. The Morgan fingerprint density at radius 2 is 2.08 bits per heavy atom. The maximum absolute atomic E-state index is 5.83. The van der Waals surface area contributed by atoms with Gasteiger partial charge < -0.3 is 0 Å². The third-order valence-corrected chi connectivity index (χ3v) is 2.99. The summed E-state index contributed by atoms with van der Waals surface area (Å²) in [7, 11) is 0. The quantitative estimate of drug-likeness (QED) is 0.697. The lowest BCUT2D eigenvalue weighted by atomic mass is 10.2. The molecular formula is C10H8ClNS. The van der Waals surface area contributed by atoms with Gasteiger partial charge in [-0.2, -0.15) is 0 Å². The molecule has 0 aliphatic carbocycles. The Labute approximate surface area is 86.0 Å². The number of pyridine rings is 1. The van der Waals surface area contributed by atoms with Crippen LogP contribution < -0.4 is 0 Å². The van der Waals surface area contributed by atoms with Crippen LogP contribution in [-0.4, -0.2) is 4.98 Å². The zero-order valence-electron chi connectivity index (χ0n) is 7.12.